The molecule has 0 saturated carbocycles. The summed E-state index contributed by atoms with van der Waals surface area (Å²) in [4.78, 5) is 2.38. The molecule has 2 heteroatoms. The second-order valence-corrected chi connectivity index (χ2v) is 5.44. The molecule has 0 saturated heterocycles. The minimum absolute atomic E-state index is 0.207. The third-order valence-electron chi connectivity index (χ3n) is 3.78. The van der Waals surface area contributed by atoms with E-state index >= 15 is 0 Å². The van der Waals surface area contributed by atoms with E-state index in [1.165, 1.54) is 16.5 Å². The van der Waals surface area contributed by atoms with Crippen LogP contribution in [0.1, 0.15) is 20.8 Å². The highest BCUT2D eigenvalue weighted by molar-refractivity contribution is 5.94. The predicted molar refractivity (Wildman–Crippen MR) is 84.6 cm³/mol. The van der Waals surface area contributed by atoms with Crippen molar-refractivity contribution < 1.29 is 0 Å². The van der Waals surface area contributed by atoms with Gasteiger partial charge >= 0.3 is 0 Å². The second-order valence-electron chi connectivity index (χ2n) is 5.44. The van der Waals surface area contributed by atoms with Gasteiger partial charge in [-0.25, -0.2) is 0 Å². The highest BCUT2D eigenvalue weighted by atomic mass is 15.1. The van der Waals surface area contributed by atoms with Gasteiger partial charge in [0.15, 0.2) is 0 Å². The first-order chi connectivity index (χ1) is 9.13. The van der Waals surface area contributed by atoms with Gasteiger partial charge in [-0.3, -0.25) is 0 Å². The Kier molecular flexibility index (Phi) is 4.43. The quantitative estimate of drug-likeness (QED) is 0.884. The first-order valence-electron chi connectivity index (χ1n) is 7.11. The maximum atomic E-state index is 6.23. The zero-order chi connectivity index (χ0) is 13.8. The van der Waals surface area contributed by atoms with Gasteiger partial charge in [0.1, 0.15) is 0 Å². The van der Waals surface area contributed by atoms with Crippen LogP contribution in [-0.4, -0.2) is 19.1 Å². The zero-order valence-corrected chi connectivity index (χ0v) is 12.1. The molecule has 2 aromatic rings. The minimum atomic E-state index is 0.207. The van der Waals surface area contributed by atoms with Gasteiger partial charge in [-0.05, 0) is 24.3 Å². The van der Waals surface area contributed by atoms with Crippen LogP contribution in [0.2, 0.25) is 0 Å². The molecule has 102 valence electrons. The smallest absolute Gasteiger partial charge is 0.0446 e. The number of fused-ring (bicyclic) bond motifs is 1. The summed E-state index contributed by atoms with van der Waals surface area (Å²) in [7, 11) is 0. The van der Waals surface area contributed by atoms with Crippen LogP contribution < -0.4 is 10.6 Å². The summed E-state index contributed by atoms with van der Waals surface area (Å²) >= 11 is 0. The van der Waals surface area contributed by atoms with Crippen LogP contribution in [0.3, 0.4) is 0 Å². The van der Waals surface area contributed by atoms with Crippen molar-refractivity contribution in [1.29, 1.82) is 0 Å². The molecule has 0 spiro atoms. The lowest BCUT2D eigenvalue weighted by molar-refractivity contribution is 0.487. The van der Waals surface area contributed by atoms with Crippen LogP contribution in [0.4, 0.5) is 5.69 Å². The van der Waals surface area contributed by atoms with E-state index in [4.69, 9.17) is 5.73 Å². The van der Waals surface area contributed by atoms with Gasteiger partial charge in [-0.2, -0.15) is 0 Å². The van der Waals surface area contributed by atoms with Crippen LogP contribution in [0.5, 0.6) is 0 Å². The molecule has 0 aliphatic carbocycles. The highest BCUT2D eigenvalue weighted by Gasteiger charge is 2.14. The fraction of sp³-hybridized carbons (Fsp3) is 0.412. The monoisotopic (exact) mass is 256 g/mol. The van der Waals surface area contributed by atoms with E-state index in [2.05, 4.69) is 68.1 Å². The number of benzene rings is 2. The Bertz CT molecular complexity index is 528. The van der Waals surface area contributed by atoms with Crippen LogP contribution in [0, 0.1) is 5.92 Å². The number of hydrogen-bond acceptors (Lipinski definition) is 2. The molecule has 0 aliphatic heterocycles. The number of rotatable bonds is 5. The Balaban J connectivity index is 2.35. The molecule has 2 nitrogen and oxygen atoms in total. The molecule has 0 amide bonds. The summed E-state index contributed by atoms with van der Waals surface area (Å²) in [6.45, 7) is 8.44. The molecule has 0 aromatic heterocycles. The van der Waals surface area contributed by atoms with E-state index < -0.39 is 0 Å². The normalized spacial score (nSPS) is 12.9. The number of nitrogens with two attached hydrogens (primary N) is 1. The van der Waals surface area contributed by atoms with Crippen molar-refractivity contribution in [3.63, 3.8) is 0 Å². The standard InChI is InChI=1S/C17H24N2/c1-4-19(12-16(18)13(2)3)17-11-7-9-14-8-5-6-10-15(14)17/h5-11,13,16H,4,12,18H2,1-3H3. The van der Waals surface area contributed by atoms with E-state index in [9.17, 15) is 0 Å². The Morgan fingerprint density at radius 2 is 1.74 bits per heavy atom. The summed E-state index contributed by atoms with van der Waals surface area (Å²) in [5.41, 5.74) is 7.52. The van der Waals surface area contributed by atoms with Gasteiger partial charge in [0.2, 0.25) is 0 Å². The maximum absolute atomic E-state index is 6.23. The van der Waals surface area contributed by atoms with Crippen molar-refractivity contribution in [1.82, 2.24) is 0 Å². The molecule has 1 atom stereocenters. The molecule has 0 bridgehead atoms. The first kappa shape index (κ1) is 13.9. The molecule has 0 heterocycles. The Morgan fingerprint density at radius 1 is 1.05 bits per heavy atom. The zero-order valence-electron chi connectivity index (χ0n) is 12.1. The summed E-state index contributed by atoms with van der Waals surface area (Å²) in [6, 6.07) is 15.2. The van der Waals surface area contributed by atoms with E-state index in [0.717, 1.165) is 13.1 Å². The molecular weight excluding hydrogens is 232 g/mol. The van der Waals surface area contributed by atoms with Crippen LogP contribution >= 0.6 is 0 Å². The van der Waals surface area contributed by atoms with Crippen molar-refractivity contribution in [2.24, 2.45) is 11.7 Å². The SMILES string of the molecule is CCN(CC(N)C(C)C)c1cccc2ccccc12. The fourth-order valence-electron chi connectivity index (χ4n) is 2.35. The Hall–Kier alpha value is -1.54. The Morgan fingerprint density at radius 3 is 2.42 bits per heavy atom. The van der Waals surface area contributed by atoms with E-state index in [-0.39, 0.29) is 6.04 Å². The van der Waals surface area contributed by atoms with E-state index in [0.29, 0.717) is 5.92 Å². The maximum Gasteiger partial charge on any atom is 0.0446 e. The van der Waals surface area contributed by atoms with Gasteiger partial charge in [-0.15, -0.1) is 0 Å². The van der Waals surface area contributed by atoms with Gasteiger partial charge in [0.25, 0.3) is 0 Å². The summed E-state index contributed by atoms with van der Waals surface area (Å²) < 4.78 is 0. The fourth-order valence-corrected chi connectivity index (χ4v) is 2.35. The van der Waals surface area contributed by atoms with E-state index in [1.54, 1.807) is 0 Å². The van der Waals surface area contributed by atoms with Gasteiger partial charge in [0, 0.05) is 30.2 Å². The first-order valence-corrected chi connectivity index (χ1v) is 7.11. The molecule has 2 aromatic carbocycles. The Labute approximate surface area is 116 Å². The van der Waals surface area contributed by atoms with Crippen LogP contribution in [0.25, 0.3) is 10.8 Å². The summed E-state index contributed by atoms with van der Waals surface area (Å²) in [5.74, 6) is 0.504. The third-order valence-corrected chi connectivity index (χ3v) is 3.78. The van der Waals surface area contributed by atoms with Crippen molar-refractivity contribution >= 4 is 16.5 Å². The van der Waals surface area contributed by atoms with Crippen molar-refractivity contribution in [2.75, 3.05) is 18.0 Å². The van der Waals surface area contributed by atoms with Crippen LogP contribution in [0.15, 0.2) is 42.5 Å². The third kappa shape index (κ3) is 3.07. The second kappa shape index (κ2) is 6.07. The molecule has 19 heavy (non-hydrogen) atoms. The number of anilines is 1. The molecule has 2 rings (SSSR count). The summed E-state index contributed by atoms with van der Waals surface area (Å²) in [6.07, 6.45) is 0. The van der Waals surface area contributed by atoms with Crippen molar-refractivity contribution in [3.05, 3.63) is 42.5 Å². The largest absolute Gasteiger partial charge is 0.370 e. The van der Waals surface area contributed by atoms with Crippen LogP contribution in [-0.2, 0) is 0 Å². The lowest BCUT2D eigenvalue weighted by atomic mass is 10.0. The minimum Gasteiger partial charge on any atom is -0.370 e. The number of hydrogen-bond donors (Lipinski definition) is 1. The molecular formula is C17H24N2. The van der Waals surface area contributed by atoms with Gasteiger partial charge < -0.3 is 10.6 Å². The molecule has 0 aliphatic rings. The predicted octanol–water partition coefficient (Wildman–Crippen LogP) is 3.65. The lowest BCUT2D eigenvalue weighted by Gasteiger charge is -2.29. The molecule has 0 fully saturated rings. The molecule has 2 N–H and O–H groups in total. The average Bonchev–Trinajstić information content (AvgIpc) is 2.44. The average molecular weight is 256 g/mol. The van der Waals surface area contributed by atoms with Crippen molar-refractivity contribution in [2.45, 2.75) is 26.8 Å². The number of nitrogens with zero attached hydrogens (tertiary/aromatic N) is 1. The highest BCUT2D eigenvalue weighted by Crippen LogP contribution is 2.26. The molecule has 0 radical (unpaired) electrons. The summed E-state index contributed by atoms with van der Waals surface area (Å²) in [5, 5.41) is 2.60. The lowest BCUT2D eigenvalue weighted by Crippen LogP contribution is -2.40. The van der Waals surface area contributed by atoms with Crippen molar-refractivity contribution in [3.8, 4) is 0 Å². The number of likely N-dealkylation sites (N-methyl/N-ethyl adjacent to an activating group) is 1. The van der Waals surface area contributed by atoms with E-state index in [1.807, 2.05) is 0 Å². The molecule has 1 unspecified atom stereocenters. The topological polar surface area (TPSA) is 29.3 Å². The van der Waals surface area contributed by atoms with Gasteiger partial charge in [0.05, 0.1) is 0 Å². The van der Waals surface area contributed by atoms with Gasteiger partial charge in [-0.1, -0.05) is 50.2 Å².